The largest absolute Gasteiger partial charge is 0.479 e. The van der Waals surface area contributed by atoms with Gasteiger partial charge in [-0.2, -0.15) is 10.2 Å². The van der Waals surface area contributed by atoms with Crippen LogP contribution in [0.4, 0.5) is 11.6 Å². The van der Waals surface area contributed by atoms with Crippen LogP contribution >= 0.6 is 45.9 Å². The topological polar surface area (TPSA) is 164 Å². The number of carboxylic acids is 2. The Morgan fingerprint density at radius 3 is 1.37 bits per heavy atom. The Morgan fingerprint density at radius 2 is 0.977 bits per heavy atom. The highest BCUT2D eigenvalue weighted by molar-refractivity contribution is 7.22. The van der Waals surface area contributed by atoms with Crippen molar-refractivity contribution < 1.29 is 33.8 Å². The normalized spacial score (nSPS) is 15.8. The number of carboxylic acid groups (broad SMARTS) is 2. The summed E-state index contributed by atoms with van der Waals surface area (Å²) in [5, 5.41) is 35.7. The van der Waals surface area contributed by atoms with E-state index in [9.17, 15) is 19.8 Å². The smallest absolute Gasteiger partial charge is 0.337 e. The monoisotopic (exact) mass is 1250 g/mol. The minimum absolute atomic E-state index is 0.593. The van der Waals surface area contributed by atoms with E-state index in [1.54, 1.807) is 36.5 Å². The highest BCUT2D eigenvalue weighted by Crippen LogP contribution is 2.47. The van der Waals surface area contributed by atoms with Gasteiger partial charge in [0.1, 0.15) is 10.0 Å². The van der Waals surface area contributed by atoms with Crippen molar-refractivity contribution in [1.82, 2.24) is 34.4 Å². The number of hydrogen-bond donors (Lipinski definition) is 2. The maximum Gasteiger partial charge on any atom is 0.337 e. The van der Waals surface area contributed by atoms with Crippen LogP contribution in [0.1, 0.15) is 69.1 Å². The third-order valence-corrected chi connectivity index (χ3v) is 19.0. The number of nitrogens with zero attached hydrogens (tertiary/aromatic N) is 10. The molecule has 0 amide bonds. The molecule has 0 aliphatic carbocycles. The Labute approximate surface area is 525 Å². The summed E-state index contributed by atoms with van der Waals surface area (Å²) in [6.07, 6.45) is -2.37. The van der Waals surface area contributed by atoms with Crippen molar-refractivity contribution in [2.45, 2.75) is 71.9 Å². The summed E-state index contributed by atoms with van der Waals surface area (Å²) in [5.74, 6) is -0.103. The number of anilines is 2. The number of ether oxygens (including phenoxy) is 2. The van der Waals surface area contributed by atoms with Gasteiger partial charge in [-0.3, -0.25) is 9.36 Å². The fourth-order valence-corrected chi connectivity index (χ4v) is 14.2. The molecule has 10 aromatic rings. The van der Waals surface area contributed by atoms with E-state index in [-0.39, 0.29) is 0 Å². The van der Waals surface area contributed by atoms with E-state index in [4.69, 9.17) is 52.8 Å². The number of aliphatic carboxylic acids is 2. The van der Waals surface area contributed by atoms with Crippen molar-refractivity contribution in [2.24, 2.45) is 14.1 Å². The molecule has 6 heterocycles. The molecule has 0 spiro atoms. The zero-order valence-corrected chi connectivity index (χ0v) is 54.5. The van der Waals surface area contributed by atoms with Gasteiger partial charge in [0.15, 0.2) is 23.8 Å². The number of aromatic nitrogens is 6. The maximum absolute atomic E-state index is 12.7. The lowest BCUT2D eigenvalue weighted by Gasteiger charge is -2.39. The predicted molar refractivity (Wildman–Crippen MR) is 355 cm³/mol. The van der Waals surface area contributed by atoms with E-state index < -0.39 is 35.3 Å². The summed E-state index contributed by atoms with van der Waals surface area (Å²) in [5.41, 5.74) is 10.3. The van der Waals surface area contributed by atoms with Gasteiger partial charge in [0, 0.05) is 94.5 Å². The van der Waals surface area contributed by atoms with Crippen LogP contribution in [0.3, 0.4) is 0 Å². The molecule has 2 fully saturated rings. The number of fused-ring (bicyclic) bond motifs is 4. The van der Waals surface area contributed by atoms with Gasteiger partial charge < -0.3 is 45.8 Å². The molecule has 0 radical (unpaired) electrons. The van der Waals surface area contributed by atoms with Gasteiger partial charge >= 0.3 is 11.9 Å². The van der Waals surface area contributed by atoms with Crippen LogP contribution in [-0.4, -0.2) is 146 Å². The second kappa shape index (κ2) is 23.8. The minimum atomic E-state index is -1.22. The number of piperazine rings is 2. The van der Waals surface area contributed by atoms with Crippen LogP contribution in [0.15, 0.2) is 97.1 Å². The van der Waals surface area contributed by atoms with Crippen molar-refractivity contribution >= 4 is 112 Å². The number of aryl methyl sites for hydroxylation is 4. The zero-order chi connectivity index (χ0) is 62.2. The van der Waals surface area contributed by atoms with E-state index in [0.717, 1.165) is 165 Å². The molecule has 6 aromatic carbocycles. The zero-order valence-electron chi connectivity index (χ0n) is 51.3. The van der Waals surface area contributed by atoms with Crippen molar-refractivity contribution in [3.63, 3.8) is 0 Å². The number of likely N-dealkylation sites (N-methyl/N-ethyl adjacent to an activating group) is 2. The molecule has 2 saturated heterocycles. The SMILES string of the molecule is Cc1cc2nc(-c3ccc4c(c3)c(N3CCN(C)CC3)nn4C)sc2c(-c2ccc(Cl)cc2)c1[C@H](OC(C)(C)C)C(=O)O.[CH2-]C(C)(C)O[C@H](C(=O)O)c1c(C)cc2nc(-c3ccc4c(c3)c(N3CC[N+](C)(C)CC3)nn4C)sc2c1-c1ccc(Cl)cc1. The summed E-state index contributed by atoms with van der Waals surface area (Å²) in [7, 11) is 10.7. The molecule has 0 unspecified atom stereocenters. The average molecular weight is 1250 g/mol. The van der Waals surface area contributed by atoms with Gasteiger partial charge in [0.2, 0.25) is 0 Å². The second-order valence-corrected chi connectivity index (χ2v) is 28.1. The Kier molecular flexibility index (Phi) is 16.9. The minimum Gasteiger partial charge on any atom is -0.479 e. The summed E-state index contributed by atoms with van der Waals surface area (Å²) >= 11 is 15.6. The van der Waals surface area contributed by atoms with Crippen LogP contribution in [0.2, 0.25) is 10.0 Å². The summed E-state index contributed by atoms with van der Waals surface area (Å²) < 4.78 is 18.9. The second-order valence-electron chi connectivity index (χ2n) is 25.3. The van der Waals surface area contributed by atoms with Gasteiger partial charge in [0.05, 0.1) is 77.3 Å². The number of carbonyl (C=O) groups is 2. The highest BCUT2D eigenvalue weighted by Gasteiger charge is 2.35. The average Bonchev–Trinajstić information content (AvgIpc) is 1.75. The molecule has 2 N–H and O–H groups in total. The van der Waals surface area contributed by atoms with E-state index in [1.165, 1.54) is 0 Å². The number of quaternary nitrogens is 1. The maximum atomic E-state index is 12.7. The molecule has 454 valence electrons. The molecule has 2 aliphatic rings. The Hall–Kier alpha value is -7.00. The molecule has 2 atom stereocenters. The number of benzene rings is 6. The fraction of sp³-hybridized carbons (Fsp3) is 0.358. The van der Waals surface area contributed by atoms with Crippen LogP contribution in [0, 0.1) is 20.8 Å². The molecule has 2 aliphatic heterocycles. The number of halogens is 2. The fourth-order valence-electron chi connectivity index (χ4n) is 11.8. The molecular formula is C67H74Cl2N10O6S2. The standard InChI is InChI=1S/C34H38ClN5O3S.C33H36ClN5O3S/c1-20-18-25-30(28(21-8-11-23(35)12-9-21)27(20)29(33(41)42)43-34(2,3)4)44-32(36-25)22-10-13-26-24(19-22)31(37-38(26)5)39-14-16-40(6,7)17-15-39;1-19-17-24-29(27(20-7-10-22(34)11-8-20)26(19)28(32(40)41)42-33(2,3)4)43-31(35-24)21-9-12-25-23(18-21)30(36-38(25)6)39-15-13-37(5)14-16-39/h8-13,18-19,29H,2,14-17H2,1,3-7H3,(H,41,42);7-12,17-18,28H,13-16H2,1-6H3,(H,40,41)/t29-;28-/m00/s1. The number of hydrogen-bond acceptors (Lipinski definition) is 13. The first-order chi connectivity index (χ1) is 41.1. The molecule has 4 aromatic heterocycles. The molecule has 12 rings (SSSR count). The third kappa shape index (κ3) is 12.8. The van der Waals surface area contributed by atoms with Crippen LogP contribution in [-0.2, 0) is 33.2 Å². The van der Waals surface area contributed by atoms with E-state index in [2.05, 4.69) is 79.2 Å². The summed E-state index contributed by atoms with van der Waals surface area (Å²) in [4.78, 5) is 42.6. The first-order valence-electron chi connectivity index (χ1n) is 29.1. The first kappa shape index (κ1) is 61.6. The molecular weight excluding hydrogens is 1180 g/mol. The van der Waals surface area contributed by atoms with E-state index in [1.807, 2.05) is 119 Å². The quantitative estimate of drug-likeness (QED) is 0.0829. The van der Waals surface area contributed by atoms with Gasteiger partial charge in [-0.25, -0.2) is 19.6 Å². The Bertz CT molecular complexity index is 4250. The van der Waals surface area contributed by atoms with Crippen LogP contribution in [0.25, 0.3) is 85.6 Å². The lowest BCUT2D eigenvalue weighted by molar-refractivity contribution is -0.890. The molecule has 0 saturated carbocycles. The van der Waals surface area contributed by atoms with Gasteiger partial charge in [-0.15, -0.1) is 22.7 Å². The third-order valence-electron chi connectivity index (χ3n) is 16.2. The lowest BCUT2D eigenvalue weighted by Crippen LogP contribution is -2.55. The Morgan fingerprint density at radius 1 is 0.586 bits per heavy atom. The van der Waals surface area contributed by atoms with E-state index in [0.29, 0.717) is 21.2 Å². The van der Waals surface area contributed by atoms with Gasteiger partial charge in [-0.05, 0) is 137 Å². The van der Waals surface area contributed by atoms with E-state index >= 15 is 0 Å². The van der Waals surface area contributed by atoms with Gasteiger partial charge in [-0.1, -0.05) is 66.9 Å². The number of rotatable bonds is 13. The summed E-state index contributed by atoms with van der Waals surface area (Å²) in [6, 6.07) is 31.7. The highest BCUT2D eigenvalue weighted by atomic mass is 35.5. The predicted octanol–water partition coefficient (Wildman–Crippen LogP) is 14.3. The molecule has 87 heavy (non-hydrogen) atoms. The van der Waals surface area contributed by atoms with Crippen LogP contribution in [0.5, 0.6) is 0 Å². The molecule has 20 heteroatoms. The van der Waals surface area contributed by atoms with Crippen LogP contribution < -0.4 is 9.80 Å². The van der Waals surface area contributed by atoms with Gasteiger partial charge in [0.25, 0.3) is 0 Å². The molecule has 16 nitrogen and oxygen atoms in total. The Balaban J connectivity index is 0.000000180. The lowest BCUT2D eigenvalue weighted by atomic mass is 9.91. The van der Waals surface area contributed by atoms with Crippen molar-refractivity contribution in [3.05, 3.63) is 136 Å². The number of thiazole rings is 2. The first-order valence-corrected chi connectivity index (χ1v) is 31.5. The summed E-state index contributed by atoms with van der Waals surface area (Å²) in [6.45, 7) is 24.9. The van der Waals surface area contributed by atoms with Crippen molar-refractivity contribution in [1.29, 1.82) is 0 Å². The molecule has 0 bridgehead atoms. The van der Waals surface area contributed by atoms with Crippen molar-refractivity contribution in [2.75, 3.05) is 83.3 Å². The van der Waals surface area contributed by atoms with Crippen molar-refractivity contribution in [3.8, 4) is 43.4 Å².